The highest BCUT2D eigenvalue weighted by atomic mass is 19.1. The van der Waals surface area contributed by atoms with E-state index in [1.807, 2.05) is 36.4 Å². The molecule has 0 fully saturated rings. The van der Waals surface area contributed by atoms with Crippen molar-refractivity contribution < 1.29 is 14.0 Å². The number of nitrogens with one attached hydrogen (secondary N) is 2. The molecule has 0 saturated carbocycles. The molecule has 2 aromatic carbocycles. The molecule has 2 rings (SSSR count). The third-order valence-corrected chi connectivity index (χ3v) is 3.20. The number of hydrogen-bond acceptors (Lipinski definition) is 3. The van der Waals surface area contributed by atoms with E-state index in [0.717, 1.165) is 5.56 Å². The first-order valence-corrected chi connectivity index (χ1v) is 7.65. The van der Waals surface area contributed by atoms with Crippen molar-refractivity contribution in [2.75, 3.05) is 6.54 Å². The van der Waals surface area contributed by atoms with Crippen molar-refractivity contribution in [1.82, 2.24) is 10.7 Å². The van der Waals surface area contributed by atoms with Crippen LogP contribution in [0.25, 0.3) is 6.08 Å². The van der Waals surface area contributed by atoms with Crippen LogP contribution in [0.15, 0.2) is 65.8 Å². The molecule has 0 heterocycles. The average Bonchev–Trinajstić information content (AvgIpc) is 2.64. The minimum Gasteiger partial charge on any atom is -0.343 e. The maximum Gasteiger partial charge on any atom is 0.259 e. The lowest BCUT2D eigenvalue weighted by Gasteiger charge is -2.05. The van der Waals surface area contributed by atoms with E-state index in [4.69, 9.17) is 0 Å². The Morgan fingerprint density at radius 3 is 2.48 bits per heavy atom. The third-order valence-electron chi connectivity index (χ3n) is 3.20. The van der Waals surface area contributed by atoms with Crippen molar-refractivity contribution >= 4 is 23.6 Å². The van der Waals surface area contributed by atoms with Crippen molar-refractivity contribution in [1.29, 1.82) is 0 Å². The molecule has 0 aliphatic heterocycles. The second-order valence-electron chi connectivity index (χ2n) is 5.19. The number of rotatable bonds is 6. The molecule has 128 valence electrons. The van der Waals surface area contributed by atoms with Gasteiger partial charge >= 0.3 is 0 Å². The lowest BCUT2D eigenvalue weighted by molar-refractivity contribution is -0.120. The van der Waals surface area contributed by atoms with Crippen molar-refractivity contribution in [3.05, 3.63) is 77.6 Å². The summed E-state index contributed by atoms with van der Waals surface area (Å²) in [6.45, 7) is 1.43. The summed E-state index contributed by atoms with van der Waals surface area (Å²) in [6, 6.07) is 15.2. The predicted molar refractivity (Wildman–Crippen MR) is 95.5 cm³/mol. The van der Waals surface area contributed by atoms with Gasteiger partial charge in [-0.1, -0.05) is 48.5 Å². The molecule has 0 saturated heterocycles. The molecule has 0 radical (unpaired) electrons. The summed E-state index contributed by atoms with van der Waals surface area (Å²) in [5, 5.41) is 6.26. The number of nitrogens with zero attached hydrogens (tertiary/aromatic N) is 1. The minimum absolute atomic E-state index is 0.110. The molecule has 5 nitrogen and oxygen atoms in total. The zero-order chi connectivity index (χ0) is 18.1. The fourth-order valence-electron chi connectivity index (χ4n) is 1.91. The van der Waals surface area contributed by atoms with Gasteiger partial charge in [0.1, 0.15) is 5.82 Å². The summed E-state index contributed by atoms with van der Waals surface area (Å²) in [4.78, 5) is 23.5. The number of amides is 2. The highest BCUT2D eigenvalue weighted by Gasteiger charge is 2.11. The van der Waals surface area contributed by atoms with Crippen molar-refractivity contribution in [3.63, 3.8) is 0 Å². The third kappa shape index (κ3) is 6.02. The van der Waals surface area contributed by atoms with Crippen LogP contribution < -0.4 is 10.7 Å². The monoisotopic (exact) mass is 339 g/mol. The highest BCUT2D eigenvalue weighted by Crippen LogP contribution is 2.05. The topological polar surface area (TPSA) is 70.6 Å². The summed E-state index contributed by atoms with van der Waals surface area (Å²) in [5.74, 6) is -1.80. The Hall–Kier alpha value is -3.28. The van der Waals surface area contributed by atoms with Gasteiger partial charge in [0.15, 0.2) is 0 Å². The number of hydrazone groups is 1. The van der Waals surface area contributed by atoms with Gasteiger partial charge in [-0.25, -0.2) is 9.82 Å². The lowest BCUT2D eigenvalue weighted by Crippen LogP contribution is -2.35. The molecule has 0 bridgehead atoms. The fraction of sp³-hybridized carbons (Fsp3) is 0.105. The average molecular weight is 339 g/mol. The number of carbonyl (C=O) groups excluding carboxylic acids is 2. The number of carbonyl (C=O) groups is 2. The molecule has 0 aromatic heterocycles. The van der Waals surface area contributed by atoms with E-state index in [9.17, 15) is 14.0 Å². The molecule has 2 amide bonds. The van der Waals surface area contributed by atoms with E-state index in [-0.39, 0.29) is 12.1 Å². The van der Waals surface area contributed by atoms with E-state index in [2.05, 4.69) is 15.8 Å². The predicted octanol–water partition coefficient (Wildman–Crippen LogP) is 2.76. The summed E-state index contributed by atoms with van der Waals surface area (Å²) in [7, 11) is 0. The summed E-state index contributed by atoms with van der Waals surface area (Å²) in [6.07, 6.45) is 3.62. The number of halogens is 1. The van der Waals surface area contributed by atoms with E-state index in [1.165, 1.54) is 18.2 Å². The maximum absolute atomic E-state index is 13.5. The van der Waals surface area contributed by atoms with Gasteiger partial charge in [-0.3, -0.25) is 9.59 Å². The Balaban J connectivity index is 1.81. The first-order valence-electron chi connectivity index (χ1n) is 7.65. The minimum atomic E-state index is -0.655. The number of hydrogen-bond donors (Lipinski definition) is 2. The molecule has 0 aliphatic rings. The number of allylic oxidation sites excluding steroid dienone is 1. The Labute approximate surface area is 145 Å². The lowest BCUT2D eigenvalue weighted by atomic mass is 10.2. The van der Waals surface area contributed by atoms with E-state index >= 15 is 0 Å². The molecule has 0 spiro atoms. The first-order chi connectivity index (χ1) is 12.1. The quantitative estimate of drug-likeness (QED) is 0.627. The number of benzene rings is 2. The second kappa shape index (κ2) is 9.12. The zero-order valence-electron chi connectivity index (χ0n) is 13.7. The summed E-state index contributed by atoms with van der Waals surface area (Å²) >= 11 is 0. The van der Waals surface area contributed by atoms with Gasteiger partial charge < -0.3 is 5.32 Å². The van der Waals surface area contributed by atoms with Gasteiger partial charge in [0, 0.05) is 0 Å². The normalized spacial score (nSPS) is 11.4. The van der Waals surface area contributed by atoms with Crippen molar-refractivity contribution in [2.24, 2.45) is 5.10 Å². The van der Waals surface area contributed by atoms with Crippen molar-refractivity contribution in [2.45, 2.75) is 6.92 Å². The highest BCUT2D eigenvalue weighted by molar-refractivity contribution is 5.98. The van der Waals surface area contributed by atoms with Gasteiger partial charge in [-0.2, -0.15) is 5.10 Å². The molecule has 6 heteroatoms. The van der Waals surface area contributed by atoms with Crippen LogP contribution in [0.2, 0.25) is 0 Å². The molecule has 0 aliphatic carbocycles. The zero-order valence-corrected chi connectivity index (χ0v) is 13.7. The molecule has 2 N–H and O–H groups in total. The van der Waals surface area contributed by atoms with E-state index < -0.39 is 17.6 Å². The standard InChI is InChI=1S/C19H18FN3O2/c1-14(11-12-15-7-3-2-4-8-15)22-23-18(24)13-21-19(25)16-9-5-6-10-17(16)20/h2-12H,13H2,1H3,(H,21,25)(H,23,24). The molecular weight excluding hydrogens is 321 g/mol. The van der Waals surface area contributed by atoms with Crippen LogP contribution >= 0.6 is 0 Å². The van der Waals surface area contributed by atoms with Gasteiger partial charge in [-0.15, -0.1) is 0 Å². The van der Waals surface area contributed by atoms with E-state index in [1.54, 1.807) is 19.1 Å². The van der Waals surface area contributed by atoms with Crippen molar-refractivity contribution in [3.8, 4) is 0 Å². The Bertz CT molecular complexity index is 801. The Kier molecular flexibility index (Phi) is 6.59. The molecule has 25 heavy (non-hydrogen) atoms. The van der Waals surface area contributed by atoms with Crippen LogP contribution in [-0.2, 0) is 4.79 Å². The SMILES string of the molecule is CC(C=Cc1ccccc1)=NNC(=O)CNC(=O)c1ccccc1F. The van der Waals surface area contributed by atoms with Crippen LogP contribution in [0.4, 0.5) is 4.39 Å². The molecule has 0 atom stereocenters. The Morgan fingerprint density at radius 1 is 1.08 bits per heavy atom. The van der Waals surface area contributed by atoms with Crippen LogP contribution in [0.3, 0.4) is 0 Å². The second-order valence-corrected chi connectivity index (χ2v) is 5.19. The van der Waals surface area contributed by atoms with Gasteiger partial charge in [-0.05, 0) is 30.7 Å². The van der Waals surface area contributed by atoms with Crippen LogP contribution in [-0.4, -0.2) is 24.1 Å². The maximum atomic E-state index is 13.5. The smallest absolute Gasteiger partial charge is 0.259 e. The van der Waals surface area contributed by atoms with Crippen LogP contribution in [0, 0.1) is 5.82 Å². The van der Waals surface area contributed by atoms with Gasteiger partial charge in [0.05, 0.1) is 17.8 Å². The Morgan fingerprint density at radius 2 is 1.76 bits per heavy atom. The van der Waals surface area contributed by atoms with Crippen LogP contribution in [0.1, 0.15) is 22.8 Å². The fourth-order valence-corrected chi connectivity index (χ4v) is 1.91. The molecule has 0 unspecified atom stereocenters. The largest absolute Gasteiger partial charge is 0.343 e. The van der Waals surface area contributed by atoms with Crippen LogP contribution in [0.5, 0.6) is 0 Å². The molecule has 2 aromatic rings. The summed E-state index contributed by atoms with van der Waals surface area (Å²) < 4.78 is 13.5. The van der Waals surface area contributed by atoms with Gasteiger partial charge in [0.2, 0.25) is 0 Å². The van der Waals surface area contributed by atoms with E-state index in [0.29, 0.717) is 5.71 Å². The van der Waals surface area contributed by atoms with Gasteiger partial charge in [0.25, 0.3) is 11.8 Å². The molecular formula is C19H18FN3O2. The summed E-state index contributed by atoms with van der Waals surface area (Å²) in [5.41, 5.74) is 3.83. The first kappa shape index (κ1) is 18.1.